The van der Waals surface area contributed by atoms with Crippen molar-refractivity contribution in [2.24, 2.45) is 0 Å². The van der Waals surface area contributed by atoms with Crippen molar-refractivity contribution in [2.75, 3.05) is 5.32 Å². The number of para-hydroxylation sites is 2. The van der Waals surface area contributed by atoms with Crippen LogP contribution in [0.3, 0.4) is 0 Å². The molecule has 5 heteroatoms. The fourth-order valence-corrected chi connectivity index (χ4v) is 2.83. The second-order valence-electron chi connectivity index (χ2n) is 5.94. The van der Waals surface area contributed by atoms with Gasteiger partial charge in [0.25, 0.3) is 5.56 Å². The highest BCUT2D eigenvalue weighted by molar-refractivity contribution is 5.91. The molecule has 0 aliphatic heterocycles. The summed E-state index contributed by atoms with van der Waals surface area (Å²) in [5.74, 6) is 0.592. The topological polar surface area (TPSA) is 74.8 Å². The number of carbonyl (C=O) groups is 1. The summed E-state index contributed by atoms with van der Waals surface area (Å²) in [5, 5.41) is 3.54. The molecule has 0 saturated carbocycles. The van der Waals surface area contributed by atoms with Gasteiger partial charge in [0, 0.05) is 18.5 Å². The molecule has 0 saturated heterocycles. The Morgan fingerprint density at radius 1 is 1.12 bits per heavy atom. The summed E-state index contributed by atoms with van der Waals surface area (Å²) in [6.45, 7) is 2.06. The Hall–Kier alpha value is -2.95. The highest BCUT2D eigenvalue weighted by atomic mass is 16.1. The Labute approximate surface area is 146 Å². The van der Waals surface area contributed by atoms with E-state index >= 15 is 0 Å². The second-order valence-corrected chi connectivity index (χ2v) is 5.94. The van der Waals surface area contributed by atoms with Crippen molar-refractivity contribution in [3.05, 3.63) is 70.3 Å². The largest absolute Gasteiger partial charge is 0.326 e. The summed E-state index contributed by atoms with van der Waals surface area (Å²) >= 11 is 0. The van der Waals surface area contributed by atoms with Crippen LogP contribution in [0.2, 0.25) is 0 Å². The number of rotatable bonds is 6. The third-order valence-electron chi connectivity index (χ3n) is 4.15. The van der Waals surface area contributed by atoms with Gasteiger partial charge in [-0.1, -0.05) is 37.3 Å². The number of amides is 1. The molecule has 0 aliphatic carbocycles. The van der Waals surface area contributed by atoms with Crippen LogP contribution in [0.15, 0.2) is 53.3 Å². The number of aryl methyl sites for hydroxylation is 2. The Morgan fingerprint density at radius 2 is 1.88 bits per heavy atom. The normalized spacial score (nSPS) is 10.8. The standard InChI is InChI=1S/C20H21N3O2/c1-2-14-8-3-5-10-16(14)22-19(24)13-7-12-18-21-17-11-6-4-9-15(17)20(25)23-18/h3-6,8-11H,2,7,12-13H2,1H3,(H,22,24)(H,21,23,25). The SMILES string of the molecule is CCc1ccccc1NC(=O)CCCc1nc2ccccc2c(=O)[nH]1. The van der Waals surface area contributed by atoms with Gasteiger partial charge in [-0.3, -0.25) is 9.59 Å². The van der Waals surface area contributed by atoms with Crippen molar-refractivity contribution in [3.8, 4) is 0 Å². The molecular weight excluding hydrogens is 314 g/mol. The molecular formula is C20H21N3O2. The Bertz CT molecular complexity index is 947. The lowest BCUT2D eigenvalue weighted by molar-refractivity contribution is -0.116. The van der Waals surface area contributed by atoms with Crippen molar-refractivity contribution in [1.29, 1.82) is 0 Å². The highest BCUT2D eigenvalue weighted by Gasteiger charge is 2.07. The van der Waals surface area contributed by atoms with Gasteiger partial charge in [0.15, 0.2) is 0 Å². The Kier molecular flexibility index (Phi) is 5.23. The summed E-state index contributed by atoms with van der Waals surface area (Å²) in [6.07, 6.45) is 2.44. The lowest BCUT2D eigenvalue weighted by atomic mass is 10.1. The number of H-pyrrole nitrogens is 1. The lowest BCUT2D eigenvalue weighted by Gasteiger charge is -2.09. The number of anilines is 1. The van der Waals surface area contributed by atoms with Crippen LogP contribution in [0.25, 0.3) is 10.9 Å². The first-order valence-corrected chi connectivity index (χ1v) is 8.53. The molecule has 1 aromatic heterocycles. The lowest BCUT2D eigenvalue weighted by Crippen LogP contribution is -2.15. The van der Waals surface area contributed by atoms with Gasteiger partial charge in [-0.2, -0.15) is 0 Å². The van der Waals surface area contributed by atoms with E-state index in [-0.39, 0.29) is 11.5 Å². The van der Waals surface area contributed by atoms with E-state index in [1.54, 1.807) is 6.07 Å². The average Bonchev–Trinajstić information content (AvgIpc) is 2.62. The molecule has 2 aromatic carbocycles. The average molecular weight is 335 g/mol. The van der Waals surface area contributed by atoms with E-state index in [4.69, 9.17) is 0 Å². The molecule has 3 rings (SSSR count). The molecule has 25 heavy (non-hydrogen) atoms. The molecule has 0 atom stereocenters. The maximum absolute atomic E-state index is 12.1. The minimum Gasteiger partial charge on any atom is -0.326 e. The predicted molar refractivity (Wildman–Crippen MR) is 99.8 cm³/mol. The smallest absolute Gasteiger partial charge is 0.258 e. The molecule has 3 aromatic rings. The van der Waals surface area contributed by atoms with Gasteiger partial charge >= 0.3 is 0 Å². The maximum atomic E-state index is 12.1. The van der Waals surface area contributed by atoms with E-state index in [9.17, 15) is 9.59 Å². The molecule has 0 fully saturated rings. The zero-order valence-corrected chi connectivity index (χ0v) is 14.2. The third-order valence-corrected chi connectivity index (χ3v) is 4.15. The monoisotopic (exact) mass is 335 g/mol. The molecule has 5 nitrogen and oxygen atoms in total. The summed E-state index contributed by atoms with van der Waals surface area (Å²) in [7, 11) is 0. The molecule has 2 N–H and O–H groups in total. The summed E-state index contributed by atoms with van der Waals surface area (Å²) < 4.78 is 0. The van der Waals surface area contributed by atoms with Crippen molar-refractivity contribution >= 4 is 22.5 Å². The number of hydrogen-bond donors (Lipinski definition) is 2. The number of carbonyl (C=O) groups excluding carboxylic acids is 1. The van der Waals surface area contributed by atoms with Gasteiger partial charge in [-0.05, 0) is 36.6 Å². The summed E-state index contributed by atoms with van der Waals surface area (Å²) in [4.78, 5) is 31.4. The van der Waals surface area contributed by atoms with Gasteiger partial charge < -0.3 is 10.3 Å². The van der Waals surface area contributed by atoms with Crippen LogP contribution < -0.4 is 10.9 Å². The number of nitrogens with one attached hydrogen (secondary N) is 2. The van der Waals surface area contributed by atoms with Crippen LogP contribution >= 0.6 is 0 Å². The number of aromatic amines is 1. The van der Waals surface area contributed by atoms with Crippen LogP contribution in [-0.2, 0) is 17.6 Å². The molecule has 0 unspecified atom stereocenters. The number of fused-ring (bicyclic) bond motifs is 1. The minimum atomic E-state index is -0.137. The van der Waals surface area contributed by atoms with Crippen molar-refractivity contribution < 1.29 is 4.79 Å². The van der Waals surface area contributed by atoms with Crippen LogP contribution in [0.1, 0.15) is 31.2 Å². The zero-order valence-electron chi connectivity index (χ0n) is 14.2. The predicted octanol–water partition coefficient (Wildman–Crippen LogP) is 3.45. The fourth-order valence-electron chi connectivity index (χ4n) is 2.83. The van der Waals surface area contributed by atoms with Crippen LogP contribution in [0, 0.1) is 0 Å². The van der Waals surface area contributed by atoms with E-state index in [1.165, 1.54) is 0 Å². The van der Waals surface area contributed by atoms with Gasteiger partial charge in [-0.15, -0.1) is 0 Å². The van der Waals surface area contributed by atoms with Crippen molar-refractivity contribution in [2.45, 2.75) is 32.6 Å². The van der Waals surface area contributed by atoms with Crippen LogP contribution in [0.4, 0.5) is 5.69 Å². The molecule has 0 radical (unpaired) electrons. The van der Waals surface area contributed by atoms with Crippen molar-refractivity contribution in [1.82, 2.24) is 9.97 Å². The second kappa shape index (κ2) is 7.75. The zero-order chi connectivity index (χ0) is 17.6. The van der Waals surface area contributed by atoms with E-state index in [2.05, 4.69) is 22.2 Å². The van der Waals surface area contributed by atoms with E-state index in [1.807, 2.05) is 42.5 Å². The van der Waals surface area contributed by atoms with Gasteiger partial charge in [-0.25, -0.2) is 4.98 Å². The number of hydrogen-bond acceptors (Lipinski definition) is 3. The Morgan fingerprint density at radius 3 is 2.72 bits per heavy atom. The number of benzene rings is 2. The summed E-state index contributed by atoms with van der Waals surface area (Å²) in [6, 6.07) is 15.1. The van der Waals surface area contributed by atoms with Gasteiger partial charge in [0.2, 0.25) is 5.91 Å². The van der Waals surface area contributed by atoms with E-state index < -0.39 is 0 Å². The van der Waals surface area contributed by atoms with E-state index in [0.717, 1.165) is 17.7 Å². The molecule has 0 aliphatic rings. The van der Waals surface area contributed by atoms with Crippen LogP contribution in [0.5, 0.6) is 0 Å². The van der Waals surface area contributed by atoms with E-state index in [0.29, 0.717) is 36.0 Å². The number of nitrogens with zero attached hydrogens (tertiary/aromatic N) is 1. The molecule has 0 spiro atoms. The van der Waals surface area contributed by atoms with Gasteiger partial charge in [0.1, 0.15) is 5.82 Å². The van der Waals surface area contributed by atoms with Crippen molar-refractivity contribution in [3.63, 3.8) is 0 Å². The third kappa shape index (κ3) is 4.12. The first-order chi connectivity index (χ1) is 12.2. The fraction of sp³-hybridized carbons (Fsp3) is 0.250. The molecule has 1 heterocycles. The maximum Gasteiger partial charge on any atom is 0.258 e. The molecule has 1 amide bonds. The minimum absolute atomic E-state index is 0.0240. The quantitative estimate of drug-likeness (QED) is 0.724. The molecule has 128 valence electrons. The first kappa shape index (κ1) is 16.9. The first-order valence-electron chi connectivity index (χ1n) is 8.53. The molecule has 0 bridgehead atoms. The summed E-state index contributed by atoms with van der Waals surface area (Å²) in [5.41, 5.74) is 2.54. The van der Waals surface area contributed by atoms with Crippen LogP contribution in [-0.4, -0.2) is 15.9 Å². The van der Waals surface area contributed by atoms with Gasteiger partial charge in [0.05, 0.1) is 10.9 Å². The number of aromatic nitrogens is 2. The Balaban J connectivity index is 1.59. The highest BCUT2D eigenvalue weighted by Crippen LogP contribution is 2.16.